The molecule has 4 rings (SSSR count). The predicted octanol–water partition coefficient (Wildman–Crippen LogP) is 4.67. The standard InChI is InChI=1S/C21H16O3/c22-21(23-14-15-8-2-1-3-9-15)20-16-10-4-6-12-18(16)24-19-13-7-5-11-17(19)20/h1-13,20H,14H2. The molecule has 1 heterocycles. The van der Waals surface area contributed by atoms with Gasteiger partial charge in [0.15, 0.2) is 0 Å². The van der Waals surface area contributed by atoms with E-state index in [1.165, 1.54) is 0 Å². The first-order chi connectivity index (χ1) is 11.8. The number of fused-ring (bicyclic) bond motifs is 2. The highest BCUT2D eigenvalue weighted by atomic mass is 16.5. The highest BCUT2D eigenvalue weighted by molar-refractivity contribution is 5.85. The molecule has 0 aliphatic carbocycles. The van der Waals surface area contributed by atoms with Gasteiger partial charge in [0.2, 0.25) is 0 Å². The summed E-state index contributed by atoms with van der Waals surface area (Å²) < 4.78 is 11.5. The molecule has 3 nitrogen and oxygen atoms in total. The molecule has 3 heteroatoms. The van der Waals surface area contributed by atoms with E-state index in [2.05, 4.69) is 0 Å². The van der Waals surface area contributed by atoms with Gasteiger partial charge >= 0.3 is 5.97 Å². The second-order valence-electron chi connectivity index (χ2n) is 5.70. The maximum Gasteiger partial charge on any atom is 0.318 e. The number of rotatable bonds is 3. The van der Waals surface area contributed by atoms with Crippen molar-refractivity contribution in [1.82, 2.24) is 0 Å². The summed E-state index contributed by atoms with van der Waals surface area (Å²) in [4.78, 5) is 12.8. The van der Waals surface area contributed by atoms with Crippen LogP contribution in [0.3, 0.4) is 0 Å². The van der Waals surface area contributed by atoms with Crippen molar-refractivity contribution >= 4 is 5.97 Å². The third-order valence-corrected chi connectivity index (χ3v) is 4.14. The van der Waals surface area contributed by atoms with Crippen molar-refractivity contribution < 1.29 is 14.3 Å². The normalized spacial score (nSPS) is 12.7. The van der Waals surface area contributed by atoms with Crippen LogP contribution in [0.15, 0.2) is 78.9 Å². The zero-order valence-corrected chi connectivity index (χ0v) is 13.0. The second kappa shape index (κ2) is 6.20. The van der Waals surface area contributed by atoms with Crippen LogP contribution in [0.25, 0.3) is 0 Å². The Morgan fingerprint density at radius 3 is 1.96 bits per heavy atom. The first kappa shape index (κ1) is 14.5. The van der Waals surface area contributed by atoms with Crippen LogP contribution >= 0.6 is 0 Å². The van der Waals surface area contributed by atoms with Crippen molar-refractivity contribution in [2.75, 3.05) is 0 Å². The van der Waals surface area contributed by atoms with Gasteiger partial charge in [0.1, 0.15) is 24.0 Å². The van der Waals surface area contributed by atoms with E-state index in [4.69, 9.17) is 9.47 Å². The fraction of sp³-hybridized carbons (Fsp3) is 0.0952. The van der Waals surface area contributed by atoms with Crippen LogP contribution < -0.4 is 4.74 Å². The summed E-state index contributed by atoms with van der Waals surface area (Å²) >= 11 is 0. The van der Waals surface area contributed by atoms with Gasteiger partial charge in [-0.2, -0.15) is 0 Å². The molecule has 0 fully saturated rings. The molecule has 0 spiro atoms. The van der Waals surface area contributed by atoms with Crippen LogP contribution in [0, 0.1) is 0 Å². The summed E-state index contributed by atoms with van der Waals surface area (Å²) in [5.74, 6) is 0.688. The maximum atomic E-state index is 12.8. The molecule has 0 amide bonds. The molecular formula is C21H16O3. The summed E-state index contributed by atoms with van der Waals surface area (Å²) in [6, 6.07) is 24.9. The molecule has 3 aromatic rings. The second-order valence-corrected chi connectivity index (χ2v) is 5.70. The van der Waals surface area contributed by atoms with E-state index in [1.54, 1.807) is 0 Å². The van der Waals surface area contributed by atoms with Gasteiger partial charge in [-0.15, -0.1) is 0 Å². The molecule has 0 N–H and O–H groups in total. The van der Waals surface area contributed by atoms with E-state index in [0.717, 1.165) is 16.7 Å². The van der Waals surface area contributed by atoms with Gasteiger partial charge in [-0.05, 0) is 17.7 Å². The molecule has 0 saturated carbocycles. The Hall–Kier alpha value is -3.07. The molecule has 0 aromatic heterocycles. The molecule has 0 radical (unpaired) electrons. The first-order valence-electron chi connectivity index (χ1n) is 7.89. The van der Waals surface area contributed by atoms with Gasteiger partial charge in [0.05, 0.1) is 0 Å². The molecule has 0 unspecified atom stereocenters. The fourth-order valence-electron chi connectivity index (χ4n) is 2.98. The van der Waals surface area contributed by atoms with Crippen LogP contribution in [0.1, 0.15) is 22.6 Å². The quantitative estimate of drug-likeness (QED) is 0.659. The largest absolute Gasteiger partial charge is 0.460 e. The van der Waals surface area contributed by atoms with Crippen molar-refractivity contribution in [3.8, 4) is 11.5 Å². The number of esters is 1. The van der Waals surface area contributed by atoms with E-state index in [-0.39, 0.29) is 12.6 Å². The van der Waals surface area contributed by atoms with Crippen LogP contribution in [-0.4, -0.2) is 5.97 Å². The van der Waals surface area contributed by atoms with Crippen molar-refractivity contribution in [2.24, 2.45) is 0 Å². The highest BCUT2D eigenvalue weighted by Gasteiger charge is 2.33. The minimum absolute atomic E-state index is 0.262. The Kier molecular flexibility index (Phi) is 3.75. The number of hydrogen-bond acceptors (Lipinski definition) is 3. The lowest BCUT2D eigenvalue weighted by molar-refractivity contribution is -0.145. The minimum Gasteiger partial charge on any atom is -0.460 e. The molecule has 0 bridgehead atoms. The average Bonchev–Trinajstić information content (AvgIpc) is 2.65. The lowest BCUT2D eigenvalue weighted by Gasteiger charge is -2.26. The van der Waals surface area contributed by atoms with Gasteiger partial charge in [0.25, 0.3) is 0 Å². The Balaban J connectivity index is 1.65. The maximum absolute atomic E-state index is 12.8. The molecule has 3 aromatic carbocycles. The summed E-state index contributed by atoms with van der Waals surface area (Å²) in [5, 5.41) is 0. The van der Waals surface area contributed by atoms with Crippen molar-refractivity contribution in [2.45, 2.75) is 12.5 Å². The van der Waals surface area contributed by atoms with E-state index >= 15 is 0 Å². The van der Waals surface area contributed by atoms with Crippen LogP contribution in [0.5, 0.6) is 11.5 Å². The lowest BCUT2D eigenvalue weighted by Crippen LogP contribution is -2.21. The molecule has 118 valence electrons. The smallest absolute Gasteiger partial charge is 0.318 e. The number of ether oxygens (including phenoxy) is 2. The predicted molar refractivity (Wildman–Crippen MR) is 91.0 cm³/mol. The number of hydrogen-bond donors (Lipinski definition) is 0. The SMILES string of the molecule is O=C(OCc1ccccc1)C1c2ccccc2Oc2ccccc21. The van der Waals surface area contributed by atoms with E-state index < -0.39 is 5.92 Å². The van der Waals surface area contributed by atoms with Crippen LogP contribution in [0.4, 0.5) is 0 Å². The Labute approximate surface area is 140 Å². The summed E-state index contributed by atoms with van der Waals surface area (Å²) in [5.41, 5.74) is 2.66. The monoisotopic (exact) mass is 316 g/mol. The number of para-hydroxylation sites is 2. The van der Waals surface area contributed by atoms with Gasteiger partial charge in [-0.25, -0.2) is 0 Å². The Morgan fingerprint density at radius 1 is 0.792 bits per heavy atom. The first-order valence-corrected chi connectivity index (χ1v) is 7.89. The van der Waals surface area contributed by atoms with E-state index in [0.29, 0.717) is 11.5 Å². The highest BCUT2D eigenvalue weighted by Crippen LogP contribution is 2.44. The topological polar surface area (TPSA) is 35.5 Å². The Bertz CT molecular complexity index is 826. The third kappa shape index (κ3) is 2.65. The van der Waals surface area contributed by atoms with Crippen molar-refractivity contribution in [1.29, 1.82) is 0 Å². The molecule has 1 aliphatic rings. The Morgan fingerprint density at radius 2 is 1.33 bits per heavy atom. The summed E-state index contributed by atoms with van der Waals surface area (Å²) in [6.45, 7) is 0.265. The zero-order chi connectivity index (χ0) is 16.4. The summed E-state index contributed by atoms with van der Waals surface area (Å²) in [7, 11) is 0. The molecule has 0 saturated heterocycles. The molecule has 1 aliphatic heterocycles. The number of benzene rings is 3. The van der Waals surface area contributed by atoms with Gasteiger partial charge < -0.3 is 9.47 Å². The lowest BCUT2D eigenvalue weighted by atomic mass is 9.88. The van der Waals surface area contributed by atoms with Gasteiger partial charge in [-0.1, -0.05) is 66.7 Å². The third-order valence-electron chi connectivity index (χ3n) is 4.14. The molecule has 24 heavy (non-hydrogen) atoms. The van der Waals surface area contributed by atoms with Crippen molar-refractivity contribution in [3.05, 3.63) is 95.6 Å². The average molecular weight is 316 g/mol. The molecular weight excluding hydrogens is 300 g/mol. The van der Waals surface area contributed by atoms with Crippen LogP contribution in [-0.2, 0) is 16.1 Å². The molecule has 0 atom stereocenters. The van der Waals surface area contributed by atoms with E-state index in [9.17, 15) is 4.79 Å². The minimum atomic E-state index is -0.463. The summed E-state index contributed by atoms with van der Waals surface area (Å²) in [6.07, 6.45) is 0. The zero-order valence-electron chi connectivity index (χ0n) is 13.0. The van der Waals surface area contributed by atoms with E-state index in [1.807, 2.05) is 78.9 Å². The van der Waals surface area contributed by atoms with Crippen LogP contribution in [0.2, 0.25) is 0 Å². The van der Waals surface area contributed by atoms with Crippen molar-refractivity contribution in [3.63, 3.8) is 0 Å². The number of carbonyl (C=O) groups is 1. The number of carbonyl (C=O) groups excluding carboxylic acids is 1. The van der Waals surface area contributed by atoms with Gasteiger partial charge in [0, 0.05) is 11.1 Å². The van der Waals surface area contributed by atoms with Gasteiger partial charge in [-0.3, -0.25) is 4.79 Å². The fourth-order valence-corrected chi connectivity index (χ4v) is 2.98.